The normalized spacial score (nSPS) is 20.3. The molecule has 178 valence electrons. The van der Waals surface area contributed by atoms with Gasteiger partial charge in [-0.15, -0.1) is 0 Å². The molecule has 1 atom stereocenters. The predicted octanol–water partition coefficient (Wildman–Crippen LogP) is 2.51. The highest BCUT2D eigenvalue weighted by Crippen LogP contribution is 2.29. The van der Waals surface area contributed by atoms with Crippen LogP contribution in [0, 0.1) is 0 Å². The van der Waals surface area contributed by atoms with Gasteiger partial charge in [0.05, 0.1) is 23.4 Å². The molecule has 1 aliphatic heterocycles. The number of amides is 1. The van der Waals surface area contributed by atoms with Crippen molar-refractivity contribution in [3.05, 3.63) is 41.9 Å². The summed E-state index contributed by atoms with van der Waals surface area (Å²) < 4.78 is 31.1. The van der Waals surface area contributed by atoms with Gasteiger partial charge >= 0.3 is 5.97 Å². The first-order valence-electron chi connectivity index (χ1n) is 11.4. The zero-order chi connectivity index (χ0) is 23.6. The van der Waals surface area contributed by atoms with Crippen LogP contribution >= 0.6 is 0 Å². The number of hydrogen-bond donors (Lipinski definition) is 0. The molecule has 2 fully saturated rings. The molecular weight excluding hydrogens is 444 g/mol. The van der Waals surface area contributed by atoms with Crippen molar-refractivity contribution in [3.63, 3.8) is 0 Å². The molecule has 9 nitrogen and oxygen atoms in total. The standard InChI is InChI=1S/C23H30N4O5S/c1-16(2)22-19(13-25-27(22)20-9-5-6-11-24-20)23(29)32-14-21(28)26(17-7-3-4-8-17)18-10-12-33(30,31)15-18/h5-6,9,11,13,16-18H,3-4,7-8,10,12,14-15H2,1-2H3. The molecule has 0 bridgehead atoms. The smallest absolute Gasteiger partial charge is 0.342 e. The number of hydrogen-bond acceptors (Lipinski definition) is 7. The van der Waals surface area contributed by atoms with E-state index in [1.807, 2.05) is 19.9 Å². The van der Waals surface area contributed by atoms with E-state index in [-0.39, 0.29) is 35.4 Å². The Kier molecular flexibility index (Phi) is 6.83. The molecule has 1 saturated carbocycles. The van der Waals surface area contributed by atoms with Gasteiger partial charge < -0.3 is 9.64 Å². The van der Waals surface area contributed by atoms with Crippen molar-refractivity contribution < 1.29 is 22.7 Å². The van der Waals surface area contributed by atoms with E-state index in [9.17, 15) is 18.0 Å². The number of rotatable bonds is 7. The Hall–Kier alpha value is -2.75. The number of aromatic nitrogens is 3. The molecule has 0 N–H and O–H groups in total. The van der Waals surface area contributed by atoms with Gasteiger partial charge in [0.2, 0.25) is 0 Å². The van der Waals surface area contributed by atoms with Crippen molar-refractivity contribution in [1.29, 1.82) is 0 Å². The molecule has 0 aromatic carbocycles. The van der Waals surface area contributed by atoms with Crippen LogP contribution in [0.2, 0.25) is 0 Å². The number of ether oxygens (including phenoxy) is 1. The summed E-state index contributed by atoms with van der Waals surface area (Å²) in [5, 5.41) is 4.32. The lowest BCUT2D eigenvalue weighted by molar-refractivity contribution is -0.139. The molecule has 10 heteroatoms. The maximum atomic E-state index is 13.1. The van der Waals surface area contributed by atoms with E-state index < -0.39 is 22.4 Å². The molecule has 3 heterocycles. The molecule has 33 heavy (non-hydrogen) atoms. The molecule has 1 unspecified atom stereocenters. The van der Waals surface area contributed by atoms with E-state index >= 15 is 0 Å². The van der Waals surface area contributed by atoms with E-state index in [1.165, 1.54) is 6.20 Å². The fourth-order valence-electron chi connectivity index (χ4n) is 4.89. The van der Waals surface area contributed by atoms with Gasteiger partial charge in [-0.05, 0) is 37.3 Å². The van der Waals surface area contributed by atoms with Crippen LogP contribution in [0.15, 0.2) is 30.6 Å². The van der Waals surface area contributed by atoms with E-state index in [0.717, 1.165) is 25.7 Å². The van der Waals surface area contributed by atoms with Crippen molar-refractivity contribution in [2.75, 3.05) is 18.1 Å². The molecule has 1 amide bonds. The van der Waals surface area contributed by atoms with E-state index in [1.54, 1.807) is 27.9 Å². The van der Waals surface area contributed by atoms with E-state index in [0.29, 0.717) is 23.5 Å². The maximum Gasteiger partial charge on any atom is 0.342 e. The van der Waals surface area contributed by atoms with Crippen LogP contribution in [0.1, 0.15) is 67.9 Å². The quantitative estimate of drug-likeness (QED) is 0.567. The summed E-state index contributed by atoms with van der Waals surface area (Å²) in [6.45, 7) is 3.47. The first-order chi connectivity index (χ1) is 15.8. The van der Waals surface area contributed by atoms with Crippen molar-refractivity contribution >= 4 is 21.7 Å². The van der Waals surface area contributed by atoms with Gasteiger partial charge in [0.15, 0.2) is 22.3 Å². The third-order valence-corrected chi connectivity index (χ3v) is 8.12. The molecule has 2 aliphatic rings. The number of esters is 1. The lowest BCUT2D eigenvalue weighted by atomic mass is 10.1. The summed E-state index contributed by atoms with van der Waals surface area (Å²) in [6, 6.07) is 5.10. The Morgan fingerprint density at radius 3 is 2.55 bits per heavy atom. The summed E-state index contributed by atoms with van der Waals surface area (Å²) in [7, 11) is -3.14. The Morgan fingerprint density at radius 1 is 1.18 bits per heavy atom. The number of carbonyl (C=O) groups excluding carboxylic acids is 2. The summed E-state index contributed by atoms with van der Waals surface area (Å²) in [5.41, 5.74) is 0.944. The van der Waals surface area contributed by atoms with Gasteiger partial charge in [0, 0.05) is 18.3 Å². The molecule has 2 aromatic rings. The molecule has 2 aromatic heterocycles. The summed E-state index contributed by atoms with van der Waals surface area (Å²) in [6.07, 6.45) is 7.26. The molecule has 0 radical (unpaired) electrons. The minimum Gasteiger partial charge on any atom is -0.452 e. The Labute approximate surface area is 194 Å². The van der Waals surface area contributed by atoms with Gasteiger partial charge in [0.1, 0.15) is 5.56 Å². The highest BCUT2D eigenvalue weighted by Gasteiger charge is 2.39. The van der Waals surface area contributed by atoms with E-state index in [2.05, 4.69) is 10.1 Å². The topological polar surface area (TPSA) is 111 Å². The van der Waals surface area contributed by atoms with Crippen molar-refractivity contribution in [2.24, 2.45) is 0 Å². The molecular formula is C23H30N4O5S. The second-order valence-corrected chi connectivity index (χ2v) is 11.3. The fourth-order valence-corrected chi connectivity index (χ4v) is 6.61. The van der Waals surface area contributed by atoms with Gasteiger partial charge in [-0.1, -0.05) is 32.8 Å². The lowest BCUT2D eigenvalue weighted by Crippen LogP contribution is -2.48. The minimum atomic E-state index is -3.14. The first kappa shape index (κ1) is 23.4. The first-order valence-corrected chi connectivity index (χ1v) is 13.3. The van der Waals surface area contributed by atoms with Crippen LogP contribution in [0.4, 0.5) is 0 Å². The monoisotopic (exact) mass is 474 g/mol. The van der Waals surface area contributed by atoms with Gasteiger partial charge in [-0.3, -0.25) is 4.79 Å². The Morgan fingerprint density at radius 2 is 1.94 bits per heavy atom. The fraction of sp³-hybridized carbons (Fsp3) is 0.565. The number of sulfone groups is 1. The number of pyridine rings is 1. The predicted molar refractivity (Wildman–Crippen MR) is 122 cm³/mol. The average molecular weight is 475 g/mol. The third kappa shape index (κ3) is 5.10. The van der Waals surface area contributed by atoms with Crippen LogP contribution in [0.25, 0.3) is 5.82 Å². The average Bonchev–Trinajstić information content (AvgIpc) is 3.53. The lowest BCUT2D eigenvalue weighted by Gasteiger charge is -2.33. The SMILES string of the molecule is CC(C)c1c(C(=O)OCC(=O)N(C2CCCC2)C2CCS(=O)(=O)C2)cnn1-c1ccccn1. The largest absolute Gasteiger partial charge is 0.452 e. The second kappa shape index (κ2) is 9.62. The molecule has 1 saturated heterocycles. The highest BCUT2D eigenvalue weighted by molar-refractivity contribution is 7.91. The molecule has 1 aliphatic carbocycles. The van der Waals surface area contributed by atoms with Gasteiger partial charge in [-0.25, -0.2) is 22.9 Å². The van der Waals surface area contributed by atoms with Crippen LogP contribution in [0.5, 0.6) is 0 Å². The summed E-state index contributed by atoms with van der Waals surface area (Å²) in [5.74, 6) is -0.325. The summed E-state index contributed by atoms with van der Waals surface area (Å²) >= 11 is 0. The number of nitrogens with zero attached hydrogens (tertiary/aromatic N) is 4. The van der Waals surface area contributed by atoms with Crippen LogP contribution in [-0.4, -0.2) is 70.2 Å². The molecule has 0 spiro atoms. The minimum absolute atomic E-state index is 0.00707. The van der Waals surface area contributed by atoms with Crippen molar-refractivity contribution in [1.82, 2.24) is 19.7 Å². The van der Waals surface area contributed by atoms with Gasteiger partial charge in [0.25, 0.3) is 5.91 Å². The van der Waals surface area contributed by atoms with Gasteiger partial charge in [-0.2, -0.15) is 5.10 Å². The van der Waals surface area contributed by atoms with Crippen LogP contribution in [0.3, 0.4) is 0 Å². The van der Waals surface area contributed by atoms with E-state index in [4.69, 9.17) is 4.74 Å². The number of carbonyl (C=O) groups is 2. The van der Waals surface area contributed by atoms with Crippen LogP contribution in [-0.2, 0) is 19.4 Å². The zero-order valence-corrected chi connectivity index (χ0v) is 19.8. The third-order valence-electron chi connectivity index (χ3n) is 6.37. The summed E-state index contributed by atoms with van der Waals surface area (Å²) in [4.78, 5) is 32.0. The van der Waals surface area contributed by atoms with Crippen LogP contribution < -0.4 is 0 Å². The maximum absolute atomic E-state index is 13.1. The Balaban J connectivity index is 1.49. The molecule has 4 rings (SSSR count). The zero-order valence-electron chi connectivity index (χ0n) is 19.0. The van der Waals surface area contributed by atoms with Crippen molar-refractivity contribution in [2.45, 2.75) is 64.0 Å². The second-order valence-electron chi connectivity index (χ2n) is 9.07. The highest BCUT2D eigenvalue weighted by atomic mass is 32.2. The Bertz CT molecular complexity index is 1110. The van der Waals surface area contributed by atoms with Crippen molar-refractivity contribution in [3.8, 4) is 5.82 Å².